The van der Waals surface area contributed by atoms with Gasteiger partial charge in [0.05, 0.1) is 16.5 Å². The third-order valence-electron chi connectivity index (χ3n) is 2.26. The average molecular weight is 278 g/mol. The topological polar surface area (TPSA) is 57.9 Å². The van der Waals surface area contributed by atoms with Crippen molar-refractivity contribution in [1.29, 1.82) is 5.26 Å². The Morgan fingerprint density at radius 1 is 1.38 bits per heavy atom. The maximum atomic E-state index is 11.3. The van der Waals surface area contributed by atoms with Crippen LogP contribution in [0.15, 0.2) is 17.0 Å². The highest BCUT2D eigenvalue weighted by Gasteiger charge is 2.19. The van der Waals surface area contributed by atoms with Crippen LogP contribution in [0.4, 0.5) is 0 Å². The second-order valence-electron chi connectivity index (χ2n) is 3.11. The molecule has 0 amide bonds. The average Bonchev–Trinajstić information content (AvgIpc) is 2.25. The second-order valence-corrected chi connectivity index (χ2v) is 5.91. The summed E-state index contributed by atoms with van der Waals surface area (Å²) in [6.07, 6.45) is 0.457. The molecular formula is C10H9Cl2NO2S. The summed E-state index contributed by atoms with van der Waals surface area (Å²) < 4.78 is 22.6. The highest BCUT2D eigenvalue weighted by Crippen LogP contribution is 2.27. The molecule has 1 rings (SSSR count). The van der Waals surface area contributed by atoms with Crippen LogP contribution in [0.25, 0.3) is 0 Å². The molecule has 0 heterocycles. The normalized spacial score (nSPS) is 11.1. The van der Waals surface area contributed by atoms with Crippen LogP contribution >= 0.6 is 22.3 Å². The zero-order chi connectivity index (χ0) is 12.3. The lowest BCUT2D eigenvalue weighted by Crippen LogP contribution is -2.03. The summed E-state index contributed by atoms with van der Waals surface area (Å²) in [6, 6.07) is 4.74. The van der Waals surface area contributed by atoms with Gasteiger partial charge in [-0.2, -0.15) is 5.26 Å². The van der Waals surface area contributed by atoms with Crippen LogP contribution in [0.2, 0.25) is 0 Å². The van der Waals surface area contributed by atoms with Gasteiger partial charge in [-0.1, -0.05) is 6.92 Å². The molecule has 0 saturated carbocycles. The Bertz CT molecular complexity index is 547. The lowest BCUT2D eigenvalue weighted by Gasteiger charge is -2.10. The predicted molar refractivity (Wildman–Crippen MR) is 63.1 cm³/mol. The largest absolute Gasteiger partial charge is 0.261 e. The standard InChI is InChI=1S/C10H9Cl2NO2S/c1-2-8-9(5-11)7(6-13)3-4-10(8)16(12,14)15/h3-4H,2,5H2,1H3. The SMILES string of the molecule is CCc1c(S(=O)(=O)Cl)ccc(C#N)c1CCl. The summed E-state index contributed by atoms with van der Waals surface area (Å²) in [6.45, 7) is 1.79. The summed E-state index contributed by atoms with van der Waals surface area (Å²) in [5.74, 6) is 0.0896. The Morgan fingerprint density at radius 2 is 2.00 bits per heavy atom. The molecule has 0 radical (unpaired) electrons. The molecule has 0 aromatic heterocycles. The minimum Gasteiger partial charge on any atom is -0.207 e. The zero-order valence-corrected chi connectivity index (χ0v) is 10.8. The molecule has 0 unspecified atom stereocenters. The van der Waals surface area contributed by atoms with E-state index < -0.39 is 9.05 Å². The molecule has 0 N–H and O–H groups in total. The molecule has 16 heavy (non-hydrogen) atoms. The Morgan fingerprint density at radius 3 is 2.38 bits per heavy atom. The van der Waals surface area contributed by atoms with Gasteiger partial charge >= 0.3 is 0 Å². The van der Waals surface area contributed by atoms with E-state index in [9.17, 15) is 8.42 Å². The van der Waals surface area contributed by atoms with E-state index in [0.717, 1.165) is 0 Å². The van der Waals surface area contributed by atoms with E-state index in [1.54, 1.807) is 6.92 Å². The number of rotatable bonds is 3. The van der Waals surface area contributed by atoms with Crippen LogP contribution in [0.1, 0.15) is 23.6 Å². The Hall–Kier alpha value is -0.760. The quantitative estimate of drug-likeness (QED) is 0.631. The molecule has 0 bridgehead atoms. The fraction of sp³-hybridized carbons (Fsp3) is 0.300. The van der Waals surface area contributed by atoms with Crippen molar-refractivity contribution in [3.05, 3.63) is 28.8 Å². The lowest BCUT2D eigenvalue weighted by atomic mass is 10.0. The Balaban J connectivity index is 3.64. The van der Waals surface area contributed by atoms with Gasteiger partial charge in [0.2, 0.25) is 0 Å². The maximum absolute atomic E-state index is 11.3. The van der Waals surface area contributed by atoms with Crippen LogP contribution in [0.5, 0.6) is 0 Å². The van der Waals surface area contributed by atoms with E-state index in [2.05, 4.69) is 0 Å². The van der Waals surface area contributed by atoms with E-state index in [1.807, 2.05) is 6.07 Å². The first kappa shape index (κ1) is 13.3. The summed E-state index contributed by atoms with van der Waals surface area (Å²) in [5, 5.41) is 8.87. The van der Waals surface area contributed by atoms with E-state index in [1.165, 1.54) is 12.1 Å². The second kappa shape index (κ2) is 5.05. The molecule has 3 nitrogen and oxygen atoms in total. The molecule has 86 valence electrons. The smallest absolute Gasteiger partial charge is 0.207 e. The number of benzene rings is 1. The van der Waals surface area contributed by atoms with E-state index >= 15 is 0 Å². The molecule has 0 fully saturated rings. The number of hydrogen-bond acceptors (Lipinski definition) is 3. The van der Waals surface area contributed by atoms with Crippen molar-refractivity contribution in [1.82, 2.24) is 0 Å². The van der Waals surface area contributed by atoms with Crippen molar-refractivity contribution in [3.8, 4) is 6.07 Å². The molecular weight excluding hydrogens is 269 g/mol. The van der Waals surface area contributed by atoms with Gasteiger partial charge in [-0.15, -0.1) is 11.6 Å². The zero-order valence-electron chi connectivity index (χ0n) is 8.50. The highest BCUT2D eigenvalue weighted by molar-refractivity contribution is 8.13. The third-order valence-corrected chi connectivity index (χ3v) is 3.93. The van der Waals surface area contributed by atoms with Crippen molar-refractivity contribution >= 4 is 31.3 Å². The maximum Gasteiger partial charge on any atom is 0.261 e. The van der Waals surface area contributed by atoms with Crippen LogP contribution < -0.4 is 0 Å². The monoisotopic (exact) mass is 277 g/mol. The molecule has 0 saturated heterocycles. The molecule has 0 aliphatic heterocycles. The fourth-order valence-corrected chi connectivity index (χ4v) is 3.08. The van der Waals surface area contributed by atoms with E-state index in [0.29, 0.717) is 23.1 Å². The molecule has 1 aromatic rings. The minimum absolute atomic E-state index is 0.0336. The van der Waals surface area contributed by atoms with Crippen molar-refractivity contribution in [2.75, 3.05) is 0 Å². The first-order valence-corrected chi connectivity index (χ1v) is 7.35. The first-order chi connectivity index (χ1) is 7.45. The Kier molecular flexibility index (Phi) is 4.20. The lowest BCUT2D eigenvalue weighted by molar-refractivity contribution is 0.608. The van der Waals surface area contributed by atoms with Gasteiger partial charge in [0.15, 0.2) is 0 Å². The number of hydrogen-bond donors (Lipinski definition) is 0. The molecule has 0 aliphatic rings. The summed E-state index contributed by atoms with van der Waals surface area (Å²) in [5.41, 5.74) is 1.44. The van der Waals surface area contributed by atoms with Gasteiger partial charge in [0, 0.05) is 16.6 Å². The van der Waals surface area contributed by atoms with Crippen molar-refractivity contribution in [3.63, 3.8) is 0 Å². The van der Waals surface area contributed by atoms with Crippen LogP contribution in [0.3, 0.4) is 0 Å². The molecule has 0 aliphatic carbocycles. The van der Waals surface area contributed by atoms with Crippen molar-refractivity contribution in [2.24, 2.45) is 0 Å². The van der Waals surface area contributed by atoms with Crippen molar-refractivity contribution in [2.45, 2.75) is 24.1 Å². The number of halogens is 2. The molecule has 0 atom stereocenters. The van der Waals surface area contributed by atoms with Gasteiger partial charge in [-0.05, 0) is 29.7 Å². The summed E-state index contributed by atoms with van der Waals surface area (Å²) in [4.78, 5) is 0.0336. The number of nitriles is 1. The summed E-state index contributed by atoms with van der Waals surface area (Å²) in [7, 11) is 1.51. The van der Waals surface area contributed by atoms with Crippen LogP contribution in [-0.2, 0) is 21.4 Å². The molecule has 0 spiro atoms. The predicted octanol–water partition coefficient (Wildman–Crippen LogP) is 2.79. The fourth-order valence-electron chi connectivity index (χ4n) is 1.54. The summed E-state index contributed by atoms with van der Waals surface area (Å²) >= 11 is 5.73. The minimum atomic E-state index is -3.80. The molecule has 6 heteroatoms. The van der Waals surface area contributed by atoms with Gasteiger partial charge in [-0.25, -0.2) is 8.42 Å². The highest BCUT2D eigenvalue weighted by atomic mass is 35.7. The van der Waals surface area contributed by atoms with E-state index in [4.69, 9.17) is 27.5 Å². The number of alkyl halides is 1. The van der Waals surface area contributed by atoms with Crippen molar-refractivity contribution < 1.29 is 8.42 Å². The van der Waals surface area contributed by atoms with Gasteiger partial charge in [0.25, 0.3) is 9.05 Å². The Labute approximate surface area is 104 Å². The van der Waals surface area contributed by atoms with Crippen LogP contribution in [-0.4, -0.2) is 8.42 Å². The molecule has 1 aromatic carbocycles. The van der Waals surface area contributed by atoms with Crippen LogP contribution in [0, 0.1) is 11.3 Å². The first-order valence-electron chi connectivity index (χ1n) is 4.51. The number of nitrogens with zero attached hydrogens (tertiary/aromatic N) is 1. The third kappa shape index (κ3) is 2.49. The van der Waals surface area contributed by atoms with Gasteiger partial charge in [0.1, 0.15) is 0 Å². The van der Waals surface area contributed by atoms with Gasteiger partial charge < -0.3 is 0 Å². The van der Waals surface area contributed by atoms with Gasteiger partial charge in [-0.3, -0.25) is 0 Å². The van der Waals surface area contributed by atoms with E-state index in [-0.39, 0.29) is 10.8 Å².